The molecular weight excluding hydrogens is 246 g/mol. The maximum atomic E-state index is 6.19. The third-order valence-corrected chi connectivity index (χ3v) is 8.83. The molecule has 1 aliphatic rings. The Morgan fingerprint density at radius 3 is 2.33 bits per heavy atom. The maximum Gasteiger partial charge on any atom is 0.152 e. The molecule has 0 bridgehead atoms. The lowest BCUT2D eigenvalue weighted by Gasteiger charge is -2.21. The molecule has 0 saturated carbocycles. The number of rotatable bonds is 3. The SMILES string of the molecule is CSC1=C(SC)C(N)(SC)SS1. The van der Waals surface area contributed by atoms with Crippen molar-refractivity contribution in [1.29, 1.82) is 0 Å². The zero-order chi connectivity index (χ0) is 9.19. The van der Waals surface area contributed by atoms with Crippen LogP contribution < -0.4 is 5.73 Å². The molecule has 6 heteroatoms. The Kier molecular flexibility index (Phi) is 4.60. The molecule has 70 valence electrons. The molecule has 0 amide bonds. The van der Waals surface area contributed by atoms with E-state index in [0.29, 0.717) is 0 Å². The summed E-state index contributed by atoms with van der Waals surface area (Å²) in [4.78, 5) is 1.32. The Labute approximate surface area is 94.2 Å². The van der Waals surface area contributed by atoms with Crippen molar-refractivity contribution in [1.82, 2.24) is 0 Å². The molecule has 0 spiro atoms. The highest BCUT2D eigenvalue weighted by atomic mass is 33.1. The van der Waals surface area contributed by atoms with Crippen LogP contribution in [0.5, 0.6) is 0 Å². The van der Waals surface area contributed by atoms with Gasteiger partial charge in [-0.3, -0.25) is 0 Å². The lowest BCUT2D eigenvalue weighted by Crippen LogP contribution is -2.30. The molecule has 0 radical (unpaired) electrons. The average Bonchev–Trinajstić information content (AvgIpc) is 2.43. The van der Waals surface area contributed by atoms with Crippen LogP contribution in [0.25, 0.3) is 0 Å². The van der Waals surface area contributed by atoms with Gasteiger partial charge in [-0.15, -0.1) is 35.3 Å². The molecule has 0 aromatic carbocycles. The van der Waals surface area contributed by atoms with Gasteiger partial charge in [0.15, 0.2) is 4.20 Å². The van der Waals surface area contributed by atoms with E-state index in [4.69, 9.17) is 5.73 Å². The molecule has 2 N–H and O–H groups in total. The second-order valence-corrected chi connectivity index (χ2v) is 7.65. The summed E-state index contributed by atoms with van der Waals surface area (Å²) in [6.45, 7) is 0. The standard InChI is InChI=1S/C6H11NS5/c1-8-4-5(9-2)11-12-6(4,7)10-3/h7H2,1-3H3. The first-order valence-corrected chi connectivity index (χ1v) is 9.02. The molecular formula is C6H11NS5. The van der Waals surface area contributed by atoms with Gasteiger partial charge in [-0.05, 0) is 40.4 Å². The Balaban J connectivity index is 2.90. The van der Waals surface area contributed by atoms with E-state index >= 15 is 0 Å². The lowest BCUT2D eigenvalue weighted by molar-refractivity contribution is 1.08. The minimum atomic E-state index is -0.206. The number of thioether (sulfide) groups is 3. The van der Waals surface area contributed by atoms with Crippen LogP contribution >= 0.6 is 56.9 Å². The highest BCUT2D eigenvalue weighted by Gasteiger charge is 2.38. The fourth-order valence-electron chi connectivity index (χ4n) is 0.797. The lowest BCUT2D eigenvalue weighted by atomic mass is 10.6. The van der Waals surface area contributed by atoms with Crippen molar-refractivity contribution >= 4 is 56.9 Å². The molecule has 0 aromatic rings. The summed E-state index contributed by atoms with van der Waals surface area (Å²) in [5.74, 6) is 0. The van der Waals surface area contributed by atoms with Gasteiger partial charge in [-0.25, -0.2) is 0 Å². The Bertz CT molecular complexity index is 204. The van der Waals surface area contributed by atoms with E-state index in [1.807, 2.05) is 0 Å². The fourth-order valence-corrected chi connectivity index (χ4v) is 8.30. The van der Waals surface area contributed by atoms with Crippen molar-refractivity contribution in [2.24, 2.45) is 5.73 Å². The van der Waals surface area contributed by atoms with E-state index in [9.17, 15) is 0 Å². The van der Waals surface area contributed by atoms with Crippen LogP contribution in [0.1, 0.15) is 0 Å². The summed E-state index contributed by atoms with van der Waals surface area (Å²) in [5.41, 5.74) is 6.19. The smallest absolute Gasteiger partial charge is 0.152 e. The predicted octanol–water partition coefficient (Wildman–Crippen LogP) is 3.25. The molecule has 1 heterocycles. The Morgan fingerprint density at radius 1 is 1.25 bits per heavy atom. The third kappa shape index (κ3) is 2.09. The molecule has 1 unspecified atom stereocenters. The summed E-state index contributed by atoms with van der Waals surface area (Å²) in [5, 5.41) is 0. The topological polar surface area (TPSA) is 26.0 Å². The number of nitrogens with two attached hydrogens (primary N) is 1. The zero-order valence-electron chi connectivity index (χ0n) is 7.12. The van der Waals surface area contributed by atoms with Gasteiger partial charge in [-0.1, -0.05) is 0 Å². The molecule has 1 rings (SSSR count). The molecule has 0 aliphatic carbocycles. The predicted molar refractivity (Wildman–Crippen MR) is 69.7 cm³/mol. The summed E-state index contributed by atoms with van der Waals surface area (Å²) in [6, 6.07) is 0. The van der Waals surface area contributed by atoms with Crippen LogP contribution in [-0.4, -0.2) is 23.0 Å². The maximum absolute atomic E-state index is 6.19. The Hall–Kier alpha value is 1.45. The molecule has 1 nitrogen and oxygen atoms in total. The van der Waals surface area contributed by atoms with E-state index in [1.165, 1.54) is 9.14 Å². The first-order chi connectivity index (χ1) is 5.68. The first kappa shape index (κ1) is 11.5. The minimum absolute atomic E-state index is 0.206. The van der Waals surface area contributed by atoms with Crippen LogP contribution in [-0.2, 0) is 0 Å². The van der Waals surface area contributed by atoms with Crippen molar-refractivity contribution < 1.29 is 0 Å². The largest absolute Gasteiger partial charge is 0.303 e. The minimum Gasteiger partial charge on any atom is -0.303 e. The van der Waals surface area contributed by atoms with Crippen LogP contribution in [0.15, 0.2) is 9.14 Å². The molecule has 0 fully saturated rings. The normalized spacial score (nSPS) is 30.0. The summed E-state index contributed by atoms with van der Waals surface area (Å²) in [7, 11) is 3.55. The van der Waals surface area contributed by atoms with Gasteiger partial charge in [0.25, 0.3) is 0 Å². The van der Waals surface area contributed by atoms with Crippen molar-refractivity contribution in [3.8, 4) is 0 Å². The van der Waals surface area contributed by atoms with Gasteiger partial charge in [-0.2, -0.15) is 0 Å². The molecule has 12 heavy (non-hydrogen) atoms. The Morgan fingerprint density at radius 2 is 1.92 bits per heavy atom. The number of hydrogen-bond donors (Lipinski definition) is 1. The van der Waals surface area contributed by atoms with E-state index in [0.717, 1.165) is 0 Å². The van der Waals surface area contributed by atoms with Gasteiger partial charge in [0.2, 0.25) is 0 Å². The van der Waals surface area contributed by atoms with Crippen LogP contribution in [0.2, 0.25) is 0 Å². The molecule has 0 aromatic heterocycles. The van der Waals surface area contributed by atoms with Gasteiger partial charge < -0.3 is 5.73 Å². The monoisotopic (exact) mass is 257 g/mol. The third-order valence-electron chi connectivity index (χ3n) is 1.44. The van der Waals surface area contributed by atoms with E-state index in [2.05, 4.69) is 18.8 Å². The van der Waals surface area contributed by atoms with Crippen LogP contribution in [0.3, 0.4) is 0 Å². The second kappa shape index (κ2) is 4.79. The average molecular weight is 257 g/mol. The summed E-state index contributed by atoms with van der Waals surface area (Å²) in [6.07, 6.45) is 6.26. The van der Waals surface area contributed by atoms with Crippen molar-refractivity contribution in [2.75, 3.05) is 18.8 Å². The highest BCUT2D eigenvalue weighted by molar-refractivity contribution is 8.82. The van der Waals surface area contributed by atoms with Gasteiger partial charge >= 0.3 is 0 Å². The highest BCUT2D eigenvalue weighted by Crippen LogP contribution is 2.61. The fraction of sp³-hybridized carbons (Fsp3) is 0.667. The first-order valence-electron chi connectivity index (χ1n) is 3.20. The van der Waals surface area contributed by atoms with Crippen molar-refractivity contribution in [3.63, 3.8) is 0 Å². The van der Waals surface area contributed by atoms with Crippen LogP contribution in [0, 0.1) is 0 Å². The summed E-state index contributed by atoms with van der Waals surface area (Å²) >= 11 is 5.27. The van der Waals surface area contributed by atoms with Gasteiger partial charge in [0, 0.05) is 4.91 Å². The quantitative estimate of drug-likeness (QED) is 0.616. The molecule has 1 aliphatic heterocycles. The second-order valence-electron chi connectivity index (χ2n) is 2.06. The zero-order valence-corrected chi connectivity index (χ0v) is 11.2. The van der Waals surface area contributed by atoms with E-state index < -0.39 is 0 Å². The van der Waals surface area contributed by atoms with E-state index in [1.54, 1.807) is 56.9 Å². The van der Waals surface area contributed by atoms with Gasteiger partial charge in [0.1, 0.15) is 0 Å². The number of hydrogen-bond acceptors (Lipinski definition) is 6. The van der Waals surface area contributed by atoms with E-state index in [-0.39, 0.29) is 4.20 Å². The molecule has 0 saturated heterocycles. The van der Waals surface area contributed by atoms with Crippen molar-refractivity contribution in [2.45, 2.75) is 4.20 Å². The molecule has 1 atom stereocenters. The van der Waals surface area contributed by atoms with Crippen LogP contribution in [0.4, 0.5) is 0 Å². The summed E-state index contributed by atoms with van der Waals surface area (Å²) < 4.78 is 1.16. The van der Waals surface area contributed by atoms with Crippen molar-refractivity contribution in [3.05, 3.63) is 9.14 Å². The van der Waals surface area contributed by atoms with Gasteiger partial charge in [0.05, 0.1) is 4.24 Å².